The van der Waals surface area contributed by atoms with Crippen molar-refractivity contribution >= 4 is 5.91 Å². The number of likely N-dealkylation sites (tertiary alicyclic amines) is 1. The Bertz CT molecular complexity index is 788. The fourth-order valence-corrected chi connectivity index (χ4v) is 3.90. The number of carbonyl (C=O) groups excluding carboxylic acids is 1. The fourth-order valence-electron chi connectivity index (χ4n) is 3.90. The van der Waals surface area contributed by atoms with Gasteiger partial charge < -0.3 is 19.5 Å². The third-order valence-corrected chi connectivity index (χ3v) is 5.28. The molecule has 0 spiro atoms. The molecule has 2 aromatic rings. The summed E-state index contributed by atoms with van der Waals surface area (Å²) in [6, 6.07) is 7.73. The van der Waals surface area contributed by atoms with Gasteiger partial charge in [-0.05, 0) is 30.5 Å². The van der Waals surface area contributed by atoms with Crippen LogP contribution in [0, 0.1) is 0 Å². The molecule has 7 nitrogen and oxygen atoms in total. The van der Waals surface area contributed by atoms with Gasteiger partial charge in [-0.25, -0.2) is 0 Å². The summed E-state index contributed by atoms with van der Waals surface area (Å²) in [5.41, 5.74) is 0.988. The molecule has 0 aliphatic carbocycles. The predicted octanol–water partition coefficient (Wildman–Crippen LogP) is 1.34. The first-order valence-electron chi connectivity index (χ1n) is 9.28. The SMILES string of the molecule is COc1cccc(CC(=O)N2CCC[C@@H](c3nnc4n3CCNC4)C2)c1. The fraction of sp³-hybridized carbons (Fsp3) is 0.526. The molecule has 1 N–H and O–H groups in total. The van der Waals surface area contributed by atoms with E-state index in [0.29, 0.717) is 6.42 Å². The van der Waals surface area contributed by atoms with Gasteiger partial charge in [0.25, 0.3) is 0 Å². The van der Waals surface area contributed by atoms with Crippen molar-refractivity contribution in [1.82, 2.24) is 25.0 Å². The summed E-state index contributed by atoms with van der Waals surface area (Å²) in [4.78, 5) is 14.8. The summed E-state index contributed by atoms with van der Waals surface area (Å²) in [5.74, 6) is 3.28. The molecule has 2 aliphatic rings. The van der Waals surface area contributed by atoms with Crippen LogP contribution >= 0.6 is 0 Å². The van der Waals surface area contributed by atoms with Crippen LogP contribution in [0.15, 0.2) is 24.3 Å². The topological polar surface area (TPSA) is 72.3 Å². The van der Waals surface area contributed by atoms with Crippen molar-refractivity contribution in [3.05, 3.63) is 41.5 Å². The lowest BCUT2D eigenvalue weighted by Crippen LogP contribution is -2.41. The molecule has 2 aliphatic heterocycles. The van der Waals surface area contributed by atoms with Gasteiger partial charge in [-0.2, -0.15) is 0 Å². The standard InChI is InChI=1S/C19H25N5O2/c1-26-16-6-2-4-14(10-16)11-18(25)23-8-3-5-15(13-23)19-22-21-17-12-20-7-9-24(17)19/h2,4,6,10,15,20H,3,5,7-9,11-13H2,1H3/t15-/m1/s1. The maximum Gasteiger partial charge on any atom is 0.227 e. The number of fused-ring (bicyclic) bond motifs is 1. The summed E-state index contributed by atoms with van der Waals surface area (Å²) in [6.07, 6.45) is 2.48. The Labute approximate surface area is 153 Å². The number of hydrogen-bond donors (Lipinski definition) is 1. The van der Waals surface area contributed by atoms with Crippen molar-refractivity contribution in [2.75, 3.05) is 26.7 Å². The summed E-state index contributed by atoms with van der Waals surface area (Å²) in [5, 5.41) is 12.1. The number of carbonyl (C=O) groups is 1. The third-order valence-electron chi connectivity index (χ3n) is 5.28. The summed E-state index contributed by atoms with van der Waals surface area (Å²) < 4.78 is 7.49. The van der Waals surface area contributed by atoms with Crippen LogP contribution in [0.1, 0.15) is 36.0 Å². The summed E-state index contributed by atoms with van der Waals surface area (Å²) in [7, 11) is 1.64. The first-order valence-corrected chi connectivity index (χ1v) is 9.28. The molecule has 0 unspecified atom stereocenters. The van der Waals surface area contributed by atoms with Crippen molar-refractivity contribution in [3.8, 4) is 5.75 Å². The normalized spacial score (nSPS) is 19.9. The second-order valence-electron chi connectivity index (χ2n) is 7.01. The van der Waals surface area contributed by atoms with Crippen LogP contribution in [0.3, 0.4) is 0 Å². The van der Waals surface area contributed by atoms with E-state index in [4.69, 9.17) is 4.74 Å². The Kier molecular flexibility index (Phi) is 4.88. The number of nitrogens with one attached hydrogen (secondary N) is 1. The van der Waals surface area contributed by atoms with Crippen LogP contribution < -0.4 is 10.1 Å². The largest absolute Gasteiger partial charge is 0.497 e. The molecule has 4 rings (SSSR count). The second kappa shape index (κ2) is 7.45. The second-order valence-corrected chi connectivity index (χ2v) is 7.01. The Hall–Kier alpha value is -2.41. The highest BCUT2D eigenvalue weighted by atomic mass is 16.5. The van der Waals surface area contributed by atoms with Gasteiger partial charge in [0.15, 0.2) is 0 Å². The molecule has 7 heteroatoms. The van der Waals surface area contributed by atoms with E-state index in [2.05, 4.69) is 20.1 Å². The zero-order chi connectivity index (χ0) is 17.9. The molecule has 1 atom stereocenters. The van der Waals surface area contributed by atoms with E-state index < -0.39 is 0 Å². The number of rotatable bonds is 4. The molecule has 3 heterocycles. The molecule has 1 saturated heterocycles. The molecule has 1 fully saturated rings. The molecular weight excluding hydrogens is 330 g/mol. The molecule has 0 radical (unpaired) electrons. The lowest BCUT2D eigenvalue weighted by molar-refractivity contribution is -0.131. The number of amides is 1. The molecule has 1 aromatic heterocycles. The van der Waals surface area contributed by atoms with E-state index in [0.717, 1.165) is 68.5 Å². The number of piperidine rings is 1. The number of nitrogens with zero attached hydrogens (tertiary/aromatic N) is 4. The van der Waals surface area contributed by atoms with Crippen molar-refractivity contribution in [1.29, 1.82) is 0 Å². The monoisotopic (exact) mass is 355 g/mol. The maximum absolute atomic E-state index is 12.8. The van der Waals surface area contributed by atoms with Gasteiger partial charge in [0.05, 0.1) is 20.1 Å². The molecule has 1 aromatic carbocycles. The van der Waals surface area contributed by atoms with Crippen LogP contribution in [-0.2, 0) is 24.3 Å². The van der Waals surface area contributed by atoms with E-state index in [1.54, 1.807) is 7.11 Å². The number of hydrogen-bond acceptors (Lipinski definition) is 5. The van der Waals surface area contributed by atoms with Gasteiger partial charge in [0, 0.05) is 32.1 Å². The average molecular weight is 355 g/mol. The van der Waals surface area contributed by atoms with Crippen LogP contribution in [0.25, 0.3) is 0 Å². The van der Waals surface area contributed by atoms with Crippen molar-refractivity contribution in [2.45, 2.75) is 38.3 Å². The van der Waals surface area contributed by atoms with Gasteiger partial charge in [-0.15, -0.1) is 10.2 Å². The number of benzene rings is 1. The predicted molar refractivity (Wildman–Crippen MR) is 97.0 cm³/mol. The Balaban J connectivity index is 1.44. The first-order chi connectivity index (χ1) is 12.7. The lowest BCUT2D eigenvalue weighted by atomic mass is 9.96. The van der Waals surface area contributed by atoms with Gasteiger partial charge in [0.2, 0.25) is 5.91 Å². The quantitative estimate of drug-likeness (QED) is 0.896. The Morgan fingerprint density at radius 1 is 1.35 bits per heavy atom. The number of methoxy groups -OCH3 is 1. The minimum Gasteiger partial charge on any atom is -0.497 e. The van der Waals surface area contributed by atoms with Gasteiger partial charge in [-0.3, -0.25) is 4.79 Å². The van der Waals surface area contributed by atoms with Crippen LogP contribution in [-0.4, -0.2) is 52.3 Å². The first kappa shape index (κ1) is 17.0. The molecule has 138 valence electrons. The number of ether oxygens (including phenoxy) is 1. The van der Waals surface area contributed by atoms with Gasteiger partial charge >= 0.3 is 0 Å². The molecule has 26 heavy (non-hydrogen) atoms. The maximum atomic E-state index is 12.8. The average Bonchev–Trinajstić information content (AvgIpc) is 3.12. The summed E-state index contributed by atoms with van der Waals surface area (Å²) >= 11 is 0. The van der Waals surface area contributed by atoms with Crippen molar-refractivity contribution < 1.29 is 9.53 Å². The number of aromatic nitrogens is 3. The third kappa shape index (κ3) is 3.44. The highest BCUT2D eigenvalue weighted by molar-refractivity contribution is 5.79. The zero-order valence-corrected chi connectivity index (χ0v) is 15.1. The molecule has 0 bridgehead atoms. The van der Waals surface area contributed by atoms with Gasteiger partial charge in [-0.1, -0.05) is 12.1 Å². The van der Waals surface area contributed by atoms with E-state index in [1.807, 2.05) is 29.2 Å². The summed E-state index contributed by atoms with van der Waals surface area (Å²) in [6.45, 7) is 4.18. The molecular formula is C19H25N5O2. The van der Waals surface area contributed by atoms with E-state index >= 15 is 0 Å². The Morgan fingerprint density at radius 3 is 3.15 bits per heavy atom. The zero-order valence-electron chi connectivity index (χ0n) is 15.1. The van der Waals surface area contributed by atoms with E-state index in [-0.39, 0.29) is 11.8 Å². The van der Waals surface area contributed by atoms with Crippen molar-refractivity contribution in [2.24, 2.45) is 0 Å². The van der Waals surface area contributed by atoms with Crippen LogP contribution in [0.5, 0.6) is 5.75 Å². The smallest absolute Gasteiger partial charge is 0.227 e. The van der Waals surface area contributed by atoms with E-state index in [1.165, 1.54) is 0 Å². The van der Waals surface area contributed by atoms with Crippen LogP contribution in [0.4, 0.5) is 0 Å². The van der Waals surface area contributed by atoms with Crippen LogP contribution in [0.2, 0.25) is 0 Å². The minimum absolute atomic E-state index is 0.169. The molecule has 0 saturated carbocycles. The van der Waals surface area contributed by atoms with E-state index in [9.17, 15) is 4.79 Å². The lowest BCUT2D eigenvalue weighted by Gasteiger charge is -2.33. The molecule has 1 amide bonds. The minimum atomic E-state index is 0.169. The highest BCUT2D eigenvalue weighted by Gasteiger charge is 2.29. The van der Waals surface area contributed by atoms with Gasteiger partial charge in [0.1, 0.15) is 17.4 Å². The highest BCUT2D eigenvalue weighted by Crippen LogP contribution is 2.27. The van der Waals surface area contributed by atoms with Crippen molar-refractivity contribution in [3.63, 3.8) is 0 Å². The Morgan fingerprint density at radius 2 is 2.27 bits per heavy atom.